The zero-order chi connectivity index (χ0) is 15.4. The van der Waals surface area contributed by atoms with E-state index in [9.17, 15) is 9.59 Å². The second kappa shape index (κ2) is 4.93. The summed E-state index contributed by atoms with van der Waals surface area (Å²) in [6, 6.07) is 9.77. The van der Waals surface area contributed by atoms with E-state index in [4.69, 9.17) is 0 Å². The number of fused-ring (bicyclic) bond motifs is 2. The molecule has 22 heavy (non-hydrogen) atoms. The van der Waals surface area contributed by atoms with Gasteiger partial charge in [0.15, 0.2) is 11.6 Å². The van der Waals surface area contributed by atoms with Gasteiger partial charge in [-0.1, -0.05) is 31.9 Å². The van der Waals surface area contributed by atoms with Gasteiger partial charge in [0.1, 0.15) is 12.1 Å². The molecule has 0 spiro atoms. The van der Waals surface area contributed by atoms with Crippen LogP contribution in [0.3, 0.4) is 0 Å². The molecule has 2 unspecified atom stereocenters. The molecule has 0 amide bonds. The van der Waals surface area contributed by atoms with Gasteiger partial charge in [0.05, 0.1) is 0 Å². The summed E-state index contributed by atoms with van der Waals surface area (Å²) in [6.45, 7) is 0. The third-order valence-corrected chi connectivity index (χ3v) is 5.00. The Hall–Kier alpha value is -1.66. The maximum Gasteiger partial charge on any atom is 0.189 e. The van der Waals surface area contributed by atoms with Crippen molar-refractivity contribution in [3.05, 3.63) is 56.5 Å². The van der Waals surface area contributed by atoms with Gasteiger partial charge in [-0.05, 0) is 36.4 Å². The fraction of sp³-hybridized carbons (Fsp3) is 0.125. The van der Waals surface area contributed by atoms with Gasteiger partial charge in [0.2, 0.25) is 0 Å². The van der Waals surface area contributed by atoms with E-state index in [0.717, 1.165) is 20.3 Å². The average Bonchev–Trinajstić information content (AvgIpc) is 2.96. The van der Waals surface area contributed by atoms with E-state index in [1.54, 1.807) is 12.1 Å². The highest BCUT2D eigenvalue weighted by Crippen LogP contribution is 2.35. The molecule has 2 aromatic carbocycles. The average molecular weight is 422 g/mol. The molecule has 0 saturated heterocycles. The first-order chi connectivity index (χ1) is 10.5. The number of halogens is 2. The lowest BCUT2D eigenvalue weighted by Gasteiger charge is -2.17. The van der Waals surface area contributed by atoms with Crippen molar-refractivity contribution >= 4 is 54.8 Å². The zero-order valence-electron chi connectivity index (χ0n) is 11.2. The molecule has 6 heteroatoms. The number of ketones is 2. The van der Waals surface area contributed by atoms with Gasteiger partial charge in [0, 0.05) is 31.4 Å². The summed E-state index contributed by atoms with van der Waals surface area (Å²) in [5, 5.41) is 6.34. The fourth-order valence-corrected chi connectivity index (χ4v) is 3.69. The van der Waals surface area contributed by atoms with Gasteiger partial charge in [-0.2, -0.15) is 0 Å². The molecule has 2 aliphatic rings. The molecule has 0 bridgehead atoms. The Labute approximate surface area is 143 Å². The first-order valence-electron chi connectivity index (χ1n) is 6.75. The lowest BCUT2D eigenvalue weighted by molar-refractivity contribution is 0.0905. The van der Waals surface area contributed by atoms with E-state index in [2.05, 4.69) is 42.5 Å². The molecule has 0 fully saturated rings. The van der Waals surface area contributed by atoms with Crippen LogP contribution >= 0.6 is 31.9 Å². The predicted octanol–water partition coefficient (Wildman–Crippen LogP) is 3.87. The molecule has 2 aromatic rings. The summed E-state index contributed by atoms with van der Waals surface area (Å²) < 4.78 is 1.79. The van der Waals surface area contributed by atoms with Crippen LogP contribution in [0.2, 0.25) is 0 Å². The van der Waals surface area contributed by atoms with E-state index in [1.165, 1.54) is 0 Å². The summed E-state index contributed by atoms with van der Waals surface area (Å²) in [6.07, 6.45) is 0. The molecule has 110 valence electrons. The molecule has 2 heterocycles. The van der Waals surface area contributed by atoms with Crippen LogP contribution in [0.1, 0.15) is 20.7 Å². The minimum absolute atomic E-state index is 0.0554. The normalized spacial score (nSPS) is 22.1. The smallest absolute Gasteiger partial charge is 0.189 e. The third kappa shape index (κ3) is 2.01. The standard InChI is InChI=1S/C16H10Br2N2O2/c17-7-1-3-9-11(5-7)19-13(15(9)21)14-16(22)10-4-2-8(18)6-12(10)20-14/h1-6,13-14,19-20H. The summed E-state index contributed by atoms with van der Waals surface area (Å²) in [4.78, 5) is 25.2. The quantitative estimate of drug-likeness (QED) is 0.733. The SMILES string of the molecule is O=C1c2ccc(Br)cc2NC1C1Nc2cc(Br)ccc2C1=O. The molecule has 2 atom stereocenters. The molecule has 0 aromatic heterocycles. The molecule has 2 aliphatic heterocycles. The van der Waals surface area contributed by atoms with Crippen LogP contribution in [0, 0.1) is 0 Å². The maximum absolute atomic E-state index is 12.6. The van der Waals surface area contributed by atoms with Crippen molar-refractivity contribution in [2.45, 2.75) is 12.1 Å². The monoisotopic (exact) mass is 420 g/mol. The van der Waals surface area contributed by atoms with Crippen LogP contribution in [0.15, 0.2) is 45.3 Å². The Morgan fingerprint density at radius 3 is 1.55 bits per heavy atom. The second-order valence-electron chi connectivity index (χ2n) is 5.35. The summed E-state index contributed by atoms with van der Waals surface area (Å²) in [7, 11) is 0. The van der Waals surface area contributed by atoms with Crippen LogP contribution in [-0.2, 0) is 0 Å². The predicted molar refractivity (Wildman–Crippen MR) is 91.8 cm³/mol. The van der Waals surface area contributed by atoms with Gasteiger partial charge >= 0.3 is 0 Å². The van der Waals surface area contributed by atoms with Crippen molar-refractivity contribution in [2.24, 2.45) is 0 Å². The number of hydrogen-bond donors (Lipinski definition) is 2. The van der Waals surface area contributed by atoms with Crippen molar-refractivity contribution in [2.75, 3.05) is 10.6 Å². The van der Waals surface area contributed by atoms with E-state index in [1.807, 2.05) is 24.3 Å². The van der Waals surface area contributed by atoms with Crippen molar-refractivity contribution < 1.29 is 9.59 Å². The minimum Gasteiger partial charge on any atom is -0.372 e. The van der Waals surface area contributed by atoms with E-state index in [-0.39, 0.29) is 11.6 Å². The Bertz CT molecular complexity index is 765. The number of carbonyl (C=O) groups excluding carboxylic acids is 2. The van der Waals surface area contributed by atoms with Crippen molar-refractivity contribution in [3.8, 4) is 0 Å². The number of benzene rings is 2. The van der Waals surface area contributed by atoms with E-state index < -0.39 is 12.1 Å². The Morgan fingerprint density at radius 1 is 0.727 bits per heavy atom. The highest BCUT2D eigenvalue weighted by Gasteiger charge is 2.43. The lowest BCUT2D eigenvalue weighted by Crippen LogP contribution is -2.43. The minimum atomic E-state index is -0.581. The van der Waals surface area contributed by atoms with Gasteiger partial charge in [0.25, 0.3) is 0 Å². The number of Topliss-reactive ketones (excluding diaryl/α,β-unsaturated/α-hetero) is 2. The molecular weight excluding hydrogens is 412 g/mol. The van der Waals surface area contributed by atoms with Crippen LogP contribution in [-0.4, -0.2) is 23.7 Å². The second-order valence-corrected chi connectivity index (χ2v) is 7.18. The number of carbonyl (C=O) groups is 2. The highest BCUT2D eigenvalue weighted by atomic mass is 79.9. The molecule has 0 radical (unpaired) electrons. The van der Waals surface area contributed by atoms with Gasteiger partial charge in [-0.25, -0.2) is 0 Å². The summed E-state index contributed by atoms with van der Waals surface area (Å²) in [5.74, 6) is -0.111. The van der Waals surface area contributed by atoms with Gasteiger partial charge in [-0.15, -0.1) is 0 Å². The van der Waals surface area contributed by atoms with Crippen LogP contribution in [0.4, 0.5) is 11.4 Å². The number of rotatable bonds is 1. The largest absolute Gasteiger partial charge is 0.372 e. The lowest BCUT2D eigenvalue weighted by atomic mass is 9.98. The zero-order valence-corrected chi connectivity index (χ0v) is 14.4. The topological polar surface area (TPSA) is 58.2 Å². The molecular formula is C16H10Br2N2O2. The van der Waals surface area contributed by atoms with E-state index in [0.29, 0.717) is 11.1 Å². The first kappa shape index (κ1) is 14.0. The molecule has 4 rings (SSSR count). The van der Waals surface area contributed by atoms with Crippen molar-refractivity contribution in [3.63, 3.8) is 0 Å². The van der Waals surface area contributed by atoms with Gasteiger partial charge in [-0.3, -0.25) is 9.59 Å². The van der Waals surface area contributed by atoms with Crippen LogP contribution in [0.5, 0.6) is 0 Å². The molecule has 4 nitrogen and oxygen atoms in total. The Kier molecular flexibility index (Phi) is 3.13. The van der Waals surface area contributed by atoms with Gasteiger partial charge < -0.3 is 10.6 Å². The molecule has 0 aliphatic carbocycles. The first-order valence-corrected chi connectivity index (χ1v) is 8.34. The van der Waals surface area contributed by atoms with Crippen molar-refractivity contribution in [1.82, 2.24) is 0 Å². The Balaban J connectivity index is 1.68. The highest BCUT2D eigenvalue weighted by molar-refractivity contribution is 9.10. The molecule has 0 saturated carbocycles. The van der Waals surface area contributed by atoms with Crippen LogP contribution in [0.25, 0.3) is 0 Å². The maximum atomic E-state index is 12.6. The summed E-state index contributed by atoms with van der Waals surface area (Å²) >= 11 is 6.78. The number of nitrogens with one attached hydrogen (secondary N) is 2. The third-order valence-electron chi connectivity index (χ3n) is 4.01. The summed E-state index contributed by atoms with van der Waals surface area (Å²) in [5.41, 5.74) is 2.77. The van der Waals surface area contributed by atoms with E-state index >= 15 is 0 Å². The Morgan fingerprint density at radius 2 is 1.14 bits per heavy atom. The number of hydrogen-bond acceptors (Lipinski definition) is 4. The van der Waals surface area contributed by atoms with Crippen LogP contribution < -0.4 is 10.6 Å². The fourth-order valence-electron chi connectivity index (χ4n) is 2.97. The molecule has 2 N–H and O–H groups in total. The van der Waals surface area contributed by atoms with Crippen molar-refractivity contribution in [1.29, 1.82) is 0 Å². The number of anilines is 2.